The molecule has 2 N–H and O–H groups in total. The molecule has 1 aromatic carbocycles. The summed E-state index contributed by atoms with van der Waals surface area (Å²) in [6, 6.07) is 7.50. The lowest BCUT2D eigenvalue weighted by Crippen LogP contribution is -2.33. The average Bonchev–Trinajstić information content (AvgIpc) is 2.93. The Bertz CT molecular complexity index is 794. The van der Waals surface area contributed by atoms with Crippen molar-refractivity contribution in [2.75, 3.05) is 5.32 Å². The van der Waals surface area contributed by atoms with E-state index in [0.717, 1.165) is 4.88 Å². The third kappa shape index (κ3) is 4.85. The number of anilines is 1. The maximum atomic E-state index is 13.6. The first kappa shape index (κ1) is 17.6. The van der Waals surface area contributed by atoms with E-state index in [-0.39, 0.29) is 5.69 Å². The maximum absolute atomic E-state index is 13.6. The quantitative estimate of drug-likeness (QED) is 0.452. The van der Waals surface area contributed by atoms with E-state index in [1.54, 1.807) is 25.1 Å². The zero-order chi connectivity index (χ0) is 17.0. The van der Waals surface area contributed by atoms with Crippen LogP contribution in [0, 0.1) is 5.82 Å². The number of rotatable bonds is 3. The summed E-state index contributed by atoms with van der Waals surface area (Å²) in [4.78, 5) is 24.2. The number of carbonyl (C=O) groups excluding carboxylic acids is 2. The van der Waals surface area contributed by atoms with Gasteiger partial charge in [0, 0.05) is 4.47 Å². The van der Waals surface area contributed by atoms with Crippen molar-refractivity contribution >= 4 is 62.1 Å². The van der Waals surface area contributed by atoms with Crippen LogP contribution in [0.5, 0.6) is 0 Å². The van der Waals surface area contributed by atoms with Crippen molar-refractivity contribution in [1.82, 2.24) is 5.43 Å². The summed E-state index contributed by atoms with van der Waals surface area (Å²) in [5.74, 6) is -2.69. The van der Waals surface area contributed by atoms with Crippen LogP contribution in [0.4, 0.5) is 10.1 Å². The number of carbonyl (C=O) groups is 2. The second kappa shape index (κ2) is 7.67. The molecule has 0 saturated carbocycles. The minimum Gasteiger partial charge on any atom is -0.315 e. The lowest BCUT2D eigenvalue weighted by atomic mass is 10.3. The fourth-order valence-electron chi connectivity index (χ4n) is 1.52. The Kier molecular flexibility index (Phi) is 5.86. The van der Waals surface area contributed by atoms with Crippen molar-refractivity contribution in [3.8, 4) is 0 Å². The Morgan fingerprint density at radius 1 is 1.26 bits per heavy atom. The molecule has 0 spiro atoms. The molecule has 1 aromatic heterocycles. The Morgan fingerprint density at radius 3 is 2.61 bits per heavy atom. The summed E-state index contributed by atoms with van der Waals surface area (Å²) in [6.07, 6.45) is 0. The summed E-state index contributed by atoms with van der Waals surface area (Å²) in [7, 11) is 0. The number of hydrazone groups is 1. The van der Waals surface area contributed by atoms with Gasteiger partial charge in [-0.05, 0) is 37.3 Å². The summed E-state index contributed by atoms with van der Waals surface area (Å²) >= 11 is 10.2. The molecule has 0 fully saturated rings. The molecule has 0 aliphatic heterocycles. The van der Waals surface area contributed by atoms with Crippen molar-refractivity contribution in [1.29, 1.82) is 0 Å². The summed E-state index contributed by atoms with van der Waals surface area (Å²) in [6.45, 7) is 1.66. The minimum atomic E-state index is -1.02. The number of thiophene rings is 1. The molecule has 120 valence electrons. The van der Waals surface area contributed by atoms with E-state index in [2.05, 4.69) is 31.8 Å². The van der Waals surface area contributed by atoms with Gasteiger partial charge in [-0.3, -0.25) is 9.59 Å². The lowest BCUT2D eigenvalue weighted by molar-refractivity contribution is -0.136. The molecule has 2 rings (SSSR count). The Balaban J connectivity index is 1.98. The molecule has 0 unspecified atom stereocenters. The largest absolute Gasteiger partial charge is 0.329 e. The van der Waals surface area contributed by atoms with Crippen LogP contribution >= 0.6 is 38.9 Å². The Morgan fingerprint density at radius 2 is 2.00 bits per heavy atom. The smallest absolute Gasteiger partial charge is 0.315 e. The van der Waals surface area contributed by atoms with E-state index < -0.39 is 17.6 Å². The molecular weight excluding hydrogens is 409 g/mol. The number of nitrogens with one attached hydrogen (secondary N) is 2. The Labute approximate surface area is 148 Å². The number of hydrogen-bond acceptors (Lipinski definition) is 4. The van der Waals surface area contributed by atoms with Gasteiger partial charge in [-0.2, -0.15) is 5.10 Å². The first-order chi connectivity index (χ1) is 10.9. The third-order valence-electron chi connectivity index (χ3n) is 2.64. The summed E-state index contributed by atoms with van der Waals surface area (Å²) < 4.78 is 14.7. The molecule has 5 nitrogen and oxygen atoms in total. The summed E-state index contributed by atoms with van der Waals surface area (Å²) in [5, 5.41) is 5.98. The number of hydrogen-bond donors (Lipinski definition) is 2. The molecule has 0 aliphatic rings. The Hall–Kier alpha value is -1.77. The van der Waals surface area contributed by atoms with Crippen molar-refractivity contribution in [2.45, 2.75) is 6.92 Å². The van der Waals surface area contributed by atoms with E-state index in [1.165, 1.54) is 23.5 Å². The zero-order valence-corrected chi connectivity index (χ0v) is 14.9. The third-order valence-corrected chi connectivity index (χ3v) is 4.47. The van der Waals surface area contributed by atoms with Gasteiger partial charge < -0.3 is 5.32 Å². The highest BCUT2D eigenvalue weighted by molar-refractivity contribution is 9.10. The lowest BCUT2D eigenvalue weighted by Gasteiger charge is -2.06. The summed E-state index contributed by atoms with van der Waals surface area (Å²) in [5.41, 5.74) is 2.51. The monoisotopic (exact) mass is 417 g/mol. The fraction of sp³-hybridized carbons (Fsp3) is 0.0714. The first-order valence-electron chi connectivity index (χ1n) is 6.23. The van der Waals surface area contributed by atoms with Crippen LogP contribution in [-0.4, -0.2) is 17.5 Å². The van der Waals surface area contributed by atoms with E-state index in [1.807, 2.05) is 0 Å². The molecule has 1 heterocycles. The zero-order valence-electron chi connectivity index (χ0n) is 11.7. The van der Waals surface area contributed by atoms with Crippen LogP contribution in [0.15, 0.2) is 39.9 Å². The van der Waals surface area contributed by atoms with E-state index in [4.69, 9.17) is 11.6 Å². The average molecular weight is 419 g/mol. The second-order valence-electron chi connectivity index (χ2n) is 4.32. The van der Waals surface area contributed by atoms with Gasteiger partial charge in [0.2, 0.25) is 0 Å². The molecular formula is C14H10BrClFN3O2S. The highest BCUT2D eigenvalue weighted by atomic mass is 79.9. The predicted octanol–water partition coefficient (Wildman–Crippen LogP) is 3.78. The van der Waals surface area contributed by atoms with Gasteiger partial charge in [-0.1, -0.05) is 27.5 Å². The van der Waals surface area contributed by atoms with E-state index in [0.29, 0.717) is 14.5 Å². The molecule has 0 radical (unpaired) electrons. The van der Waals surface area contributed by atoms with Crippen LogP contribution in [0.3, 0.4) is 0 Å². The topological polar surface area (TPSA) is 70.6 Å². The van der Waals surface area contributed by atoms with Crippen LogP contribution in [0.1, 0.15) is 11.8 Å². The van der Waals surface area contributed by atoms with Gasteiger partial charge in [0.25, 0.3) is 0 Å². The number of benzene rings is 1. The van der Waals surface area contributed by atoms with Gasteiger partial charge in [0.1, 0.15) is 5.82 Å². The minimum absolute atomic E-state index is 0.0981. The van der Waals surface area contributed by atoms with Gasteiger partial charge in [0.15, 0.2) is 0 Å². The first-order valence-corrected chi connectivity index (χ1v) is 8.22. The molecule has 2 aromatic rings. The number of nitrogens with zero attached hydrogens (tertiary/aromatic N) is 1. The van der Waals surface area contributed by atoms with Crippen molar-refractivity contribution in [2.24, 2.45) is 5.10 Å². The predicted molar refractivity (Wildman–Crippen MR) is 92.4 cm³/mol. The van der Waals surface area contributed by atoms with Crippen molar-refractivity contribution < 1.29 is 14.0 Å². The number of halogens is 3. The van der Waals surface area contributed by atoms with Gasteiger partial charge in [-0.25, -0.2) is 9.82 Å². The van der Waals surface area contributed by atoms with Gasteiger partial charge in [0.05, 0.1) is 20.6 Å². The second-order valence-corrected chi connectivity index (χ2v) is 6.95. The number of amides is 2. The van der Waals surface area contributed by atoms with Crippen LogP contribution in [0.2, 0.25) is 4.34 Å². The molecule has 23 heavy (non-hydrogen) atoms. The molecule has 0 atom stereocenters. The van der Waals surface area contributed by atoms with Gasteiger partial charge >= 0.3 is 11.8 Å². The maximum Gasteiger partial charge on any atom is 0.329 e. The molecule has 9 heteroatoms. The highest BCUT2D eigenvalue weighted by Crippen LogP contribution is 2.22. The van der Waals surface area contributed by atoms with Gasteiger partial charge in [-0.15, -0.1) is 11.3 Å². The van der Waals surface area contributed by atoms with Crippen LogP contribution in [-0.2, 0) is 9.59 Å². The SMILES string of the molecule is C/C(=N\NC(=O)C(=O)Nc1ccc(Br)cc1F)c1ccc(Cl)s1. The van der Waals surface area contributed by atoms with E-state index >= 15 is 0 Å². The molecule has 0 aliphatic carbocycles. The van der Waals surface area contributed by atoms with Crippen LogP contribution in [0.25, 0.3) is 0 Å². The van der Waals surface area contributed by atoms with E-state index in [9.17, 15) is 14.0 Å². The van der Waals surface area contributed by atoms with Crippen molar-refractivity contribution in [3.63, 3.8) is 0 Å². The standard InChI is InChI=1S/C14H10BrClFN3O2S/c1-7(11-4-5-12(16)23-11)19-20-14(22)13(21)18-10-3-2-8(15)6-9(10)17/h2-6H,1H3,(H,18,21)(H,20,22)/b19-7+. The molecule has 0 bridgehead atoms. The molecule has 2 amide bonds. The fourth-order valence-corrected chi connectivity index (χ4v) is 2.84. The normalized spacial score (nSPS) is 11.2. The van der Waals surface area contributed by atoms with Crippen LogP contribution < -0.4 is 10.7 Å². The molecule has 0 saturated heterocycles. The highest BCUT2D eigenvalue weighted by Gasteiger charge is 2.15. The van der Waals surface area contributed by atoms with Crippen molar-refractivity contribution in [3.05, 3.63) is 49.8 Å².